The fourth-order valence-corrected chi connectivity index (χ4v) is 2.98. The molecule has 0 saturated carbocycles. The number of nitro benzene ring substituents is 1. The highest BCUT2D eigenvalue weighted by Gasteiger charge is 2.32. The summed E-state index contributed by atoms with van der Waals surface area (Å²) in [5.41, 5.74) is 0.511. The Hall–Kier alpha value is -1.53. The van der Waals surface area contributed by atoms with Crippen molar-refractivity contribution < 1.29 is 9.31 Å². The van der Waals surface area contributed by atoms with E-state index in [1.54, 1.807) is 0 Å². The molecular formula is C15H22FN3O2. The van der Waals surface area contributed by atoms with E-state index in [0.717, 1.165) is 38.7 Å². The third-order valence-corrected chi connectivity index (χ3v) is 4.23. The minimum Gasteiger partial charge on any atom is -0.314 e. The van der Waals surface area contributed by atoms with Crippen LogP contribution in [0.2, 0.25) is 0 Å². The summed E-state index contributed by atoms with van der Waals surface area (Å²) in [6.07, 6.45) is 0.891. The summed E-state index contributed by atoms with van der Waals surface area (Å²) in [5, 5.41) is 14.6. The van der Waals surface area contributed by atoms with Gasteiger partial charge in [0, 0.05) is 38.3 Å². The Bertz CT molecular complexity index is 504. The second-order valence-electron chi connectivity index (χ2n) is 5.58. The Balaban J connectivity index is 2.44. The first kappa shape index (κ1) is 15.9. The molecule has 21 heavy (non-hydrogen) atoms. The SMILES string of the molecule is CCC(C)[C@H](c1cc(F)ccc1[N+](=O)[O-])N1CCNCC1. The van der Waals surface area contributed by atoms with Crippen molar-refractivity contribution in [1.29, 1.82) is 0 Å². The lowest BCUT2D eigenvalue weighted by atomic mass is 9.89. The van der Waals surface area contributed by atoms with E-state index in [0.29, 0.717) is 5.56 Å². The fraction of sp³-hybridized carbons (Fsp3) is 0.600. The quantitative estimate of drug-likeness (QED) is 0.670. The van der Waals surface area contributed by atoms with Crippen LogP contribution in [0.15, 0.2) is 18.2 Å². The van der Waals surface area contributed by atoms with Crippen molar-refractivity contribution in [3.05, 3.63) is 39.7 Å². The molecule has 0 amide bonds. The van der Waals surface area contributed by atoms with Crippen LogP contribution in [0.25, 0.3) is 0 Å². The van der Waals surface area contributed by atoms with E-state index >= 15 is 0 Å². The Morgan fingerprint density at radius 2 is 2.10 bits per heavy atom. The predicted molar refractivity (Wildman–Crippen MR) is 79.7 cm³/mol. The van der Waals surface area contributed by atoms with Crippen LogP contribution in [-0.4, -0.2) is 36.0 Å². The number of nitrogens with zero attached hydrogens (tertiary/aromatic N) is 2. The number of halogens is 1. The molecule has 1 aliphatic heterocycles. The third-order valence-electron chi connectivity index (χ3n) is 4.23. The van der Waals surface area contributed by atoms with Gasteiger partial charge < -0.3 is 5.32 Å². The Kier molecular flexibility index (Phi) is 5.25. The van der Waals surface area contributed by atoms with Gasteiger partial charge in [0.1, 0.15) is 5.82 Å². The molecule has 116 valence electrons. The number of hydrogen-bond donors (Lipinski definition) is 1. The molecule has 1 aromatic rings. The highest BCUT2D eigenvalue weighted by molar-refractivity contribution is 5.43. The largest absolute Gasteiger partial charge is 0.314 e. The molecule has 2 atom stereocenters. The van der Waals surface area contributed by atoms with Crippen LogP contribution in [0.3, 0.4) is 0 Å². The monoisotopic (exact) mass is 295 g/mol. The zero-order valence-corrected chi connectivity index (χ0v) is 12.5. The first-order valence-corrected chi connectivity index (χ1v) is 7.43. The maximum absolute atomic E-state index is 13.7. The van der Waals surface area contributed by atoms with Crippen molar-refractivity contribution in [2.75, 3.05) is 26.2 Å². The predicted octanol–water partition coefficient (Wildman–Crippen LogP) is 2.73. The van der Waals surface area contributed by atoms with E-state index in [2.05, 4.69) is 24.1 Å². The van der Waals surface area contributed by atoms with Crippen molar-refractivity contribution in [2.45, 2.75) is 26.3 Å². The average molecular weight is 295 g/mol. The van der Waals surface area contributed by atoms with Gasteiger partial charge in [-0.2, -0.15) is 0 Å². The zero-order chi connectivity index (χ0) is 15.4. The van der Waals surface area contributed by atoms with Crippen LogP contribution in [0.4, 0.5) is 10.1 Å². The van der Waals surface area contributed by atoms with E-state index < -0.39 is 10.7 Å². The van der Waals surface area contributed by atoms with Gasteiger partial charge in [0.2, 0.25) is 0 Å². The Morgan fingerprint density at radius 1 is 1.43 bits per heavy atom. The van der Waals surface area contributed by atoms with E-state index in [1.807, 2.05) is 0 Å². The van der Waals surface area contributed by atoms with Crippen molar-refractivity contribution in [2.24, 2.45) is 5.92 Å². The lowest BCUT2D eigenvalue weighted by Gasteiger charge is -2.38. The first-order valence-electron chi connectivity index (χ1n) is 7.43. The van der Waals surface area contributed by atoms with Gasteiger partial charge in [0.05, 0.1) is 10.5 Å². The molecule has 6 heteroatoms. The van der Waals surface area contributed by atoms with Crippen LogP contribution in [0.1, 0.15) is 31.9 Å². The lowest BCUT2D eigenvalue weighted by molar-refractivity contribution is -0.386. The number of hydrogen-bond acceptors (Lipinski definition) is 4. The van der Waals surface area contributed by atoms with Gasteiger partial charge >= 0.3 is 0 Å². The minimum absolute atomic E-state index is 0.0141. The highest BCUT2D eigenvalue weighted by Crippen LogP contribution is 2.36. The number of rotatable bonds is 5. The van der Waals surface area contributed by atoms with Gasteiger partial charge in [-0.1, -0.05) is 20.3 Å². The second-order valence-corrected chi connectivity index (χ2v) is 5.58. The number of piperazine rings is 1. The third kappa shape index (κ3) is 3.57. The van der Waals surface area contributed by atoms with E-state index in [-0.39, 0.29) is 17.6 Å². The molecule has 0 spiro atoms. The number of nitrogens with one attached hydrogen (secondary N) is 1. The molecular weight excluding hydrogens is 273 g/mol. The average Bonchev–Trinajstić information content (AvgIpc) is 2.48. The lowest BCUT2D eigenvalue weighted by Crippen LogP contribution is -2.46. The summed E-state index contributed by atoms with van der Waals surface area (Å²) in [4.78, 5) is 13.1. The summed E-state index contributed by atoms with van der Waals surface area (Å²) >= 11 is 0. The zero-order valence-electron chi connectivity index (χ0n) is 12.5. The van der Waals surface area contributed by atoms with Gasteiger partial charge in [0.25, 0.3) is 5.69 Å². The molecule has 1 unspecified atom stereocenters. The summed E-state index contributed by atoms with van der Waals surface area (Å²) in [7, 11) is 0. The van der Waals surface area contributed by atoms with Crippen molar-refractivity contribution in [1.82, 2.24) is 10.2 Å². The van der Waals surface area contributed by atoms with Crippen molar-refractivity contribution in [3.63, 3.8) is 0 Å². The maximum Gasteiger partial charge on any atom is 0.274 e. The van der Waals surface area contributed by atoms with Gasteiger partial charge in [-0.15, -0.1) is 0 Å². The van der Waals surface area contributed by atoms with Crippen LogP contribution in [0.5, 0.6) is 0 Å². The molecule has 5 nitrogen and oxygen atoms in total. The molecule has 0 aliphatic carbocycles. The van der Waals surface area contributed by atoms with Gasteiger partial charge in [-0.25, -0.2) is 4.39 Å². The molecule has 1 N–H and O–H groups in total. The molecule has 1 fully saturated rings. The summed E-state index contributed by atoms with van der Waals surface area (Å²) in [5.74, 6) is -0.192. The molecule has 0 bridgehead atoms. The van der Waals surface area contributed by atoms with Crippen LogP contribution in [0, 0.1) is 21.8 Å². The second kappa shape index (κ2) is 6.95. The molecule has 0 aromatic heterocycles. The Morgan fingerprint density at radius 3 is 2.67 bits per heavy atom. The first-order chi connectivity index (χ1) is 10.0. The van der Waals surface area contributed by atoms with Crippen LogP contribution in [-0.2, 0) is 0 Å². The topological polar surface area (TPSA) is 58.4 Å². The van der Waals surface area contributed by atoms with Crippen molar-refractivity contribution in [3.8, 4) is 0 Å². The number of benzene rings is 1. The summed E-state index contributed by atoms with van der Waals surface area (Å²) in [6.45, 7) is 7.49. The van der Waals surface area contributed by atoms with Gasteiger partial charge in [-0.05, 0) is 18.1 Å². The molecule has 2 rings (SSSR count). The normalized spacial score (nSPS) is 19.2. The van der Waals surface area contributed by atoms with Crippen molar-refractivity contribution >= 4 is 5.69 Å². The highest BCUT2D eigenvalue weighted by atomic mass is 19.1. The van der Waals surface area contributed by atoms with E-state index in [9.17, 15) is 14.5 Å². The van der Waals surface area contributed by atoms with Crippen LogP contribution >= 0.6 is 0 Å². The number of nitro groups is 1. The maximum atomic E-state index is 13.7. The Labute approximate surface area is 124 Å². The molecule has 1 saturated heterocycles. The minimum atomic E-state index is -0.418. The molecule has 1 aromatic carbocycles. The summed E-state index contributed by atoms with van der Waals surface area (Å²) in [6, 6.07) is 3.65. The van der Waals surface area contributed by atoms with Gasteiger partial charge in [-0.3, -0.25) is 15.0 Å². The summed E-state index contributed by atoms with van der Waals surface area (Å²) < 4.78 is 13.7. The smallest absolute Gasteiger partial charge is 0.274 e. The fourth-order valence-electron chi connectivity index (χ4n) is 2.98. The molecule has 1 heterocycles. The van der Waals surface area contributed by atoms with E-state index in [4.69, 9.17) is 0 Å². The van der Waals surface area contributed by atoms with E-state index in [1.165, 1.54) is 12.1 Å². The standard InChI is InChI=1S/C15H22FN3O2/c1-3-11(2)15(18-8-6-17-7-9-18)13-10-12(16)4-5-14(13)19(20)21/h4-5,10-11,15,17H,3,6-9H2,1-2H3/t11?,15-/m1/s1. The van der Waals surface area contributed by atoms with Gasteiger partial charge in [0.15, 0.2) is 0 Å². The molecule has 1 aliphatic rings. The van der Waals surface area contributed by atoms with Crippen LogP contribution < -0.4 is 5.32 Å². The molecule has 0 radical (unpaired) electrons.